The maximum atomic E-state index is 11.9. The van der Waals surface area contributed by atoms with E-state index >= 15 is 0 Å². The van der Waals surface area contributed by atoms with Crippen LogP contribution in [0, 0.1) is 5.92 Å². The van der Waals surface area contributed by atoms with Gasteiger partial charge in [0, 0.05) is 18.8 Å². The van der Waals surface area contributed by atoms with E-state index in [1.165, 1.54) is 19.1 Å². The molecule has 1 atom stereocenters. The summed E-state index contributed by atoms with van der Waals surface area (Å²) >= 11 is 0. The SMILES string of the molecule is CCC(CC)(CNC(C)C1CC1)S(C)(=O)=O. The van der Waals surface area contributed by atoms with Crippen molar-refractivity contribution in [2.45, 2.75) is 57.2 Å². The summed E-state index contributed by atoms with van der Waals surface area (Å²) in [6.07, 6.45) is 5.32. The summed E-state index contributed by atoms with van der Waals surface area (Å²) in [7, 11) is -2.99. The van der Waals surface area contributed by atoms with Crippen LogP contribution in [0.3, 0.4) is 0 Å². The first-order valence-electron chi connectivity index (χ1n) is 6.29. The molecule has 0 aliphatic heterocycles. The van der Waals surface area contributed by atoms with Crippen LogP contribution in [-0.2, 0) is 9.84 Å². The molecule has 16 heavy (non-hydrogen) atoms. The van der Waals surface area contributed by atoms with Crippen molar-refractivity contribution in [2.75, 3.05) is 12.8 Å². The number of rotatable bonds is 7. The highest BCUT2D eigenvalue weighted by Gasteiger charge is 2.38. The first kappa shape index (κ1) is 14.0. The highest BCUT2D eigenvalue weighted by atomic mass is 32.2. The van der Waals surface area contributed by atoms with Gasteiger partial charge >= 0.3 is 0 Å². The molecule has 0 amide bonds. The van der Waals surface area contributed by atoms with Gasteiger partial charge in [-0.05, 0) is 38.5 Å². The lowest BCUT2D eigenvalue weighted by atomic mass is 10.0. The van der Waals surface area contributed by atoms with E-state index in [4.69, 9.17) is 0 Å². The lowest BCUT2D eigenvalue weighted by Crippen LogP contribution is -2.48. The molecule has 0 spiro atoms. The van der Waals surface area contributed by atoms with Gasteiger partial charge in [0.25, 0.3) is 0 Å². The molecule has 0 aromatic rings. The average molecular weight is 247 g/mol. The molecule has 0 radical (unpaired) electrons. The Morgan fingerprint density at radius 3 is 2.12 bits per heavy atom. The largest absolute Gasteiger partial charge is 0.312 e. The minimum absolute atomic E-state index is 0.458. The minimum Gasteiger partial charge on any atom is -0.312 e. The van der Waals surface area contributed by atoms with Crippen LogP contribution in [0.2, 0.25) is 0 Å². The van der Waals surface area contributed by atoms with E-state index < -0.39 is 14.6 Å². The molecular weight excluding hydrogens is 222 g/mol. The van der Waals surface area contributed by atoms with Gasteiger partial charge in [0.1, 0.15) is 0 Å². The minimum atomic E-state index is -2.99. The Morgan fingerprint density at radius 1 is 1.31 bits per heavy atom. The molecule has 1 aliphatic carbocycles. The highest BCUT2D eigenvalue weighted by Crippen LogP contribution is 2.33. The van der Waals surface area contributed by atoms with Crippen LogP contribution < -0.4 is 5.32 Å². The van der Waals surface area contributed by atoms with E-state index in [0.29, 0.717) is 25.4 Å². The zero-order valence-corrected chi connectivity index (χ0v) is 11.7. The third-order valence-corrected chi connectivity index (χ3v) is 6.45. The van der Waals surface area contributed by atoms with Crippen molar-refractivity contribution in [3.63, 3.8) is 0 Å². The number of hydrogen-bond acceptors (Lipinski definition) is 3. The molecule has 96 valence electrons. The first-order chi connectivity index (χ1) is 7.36. The summed E-state index contributed by atoms with van der Waals surface area (Å²) in [5.41, 5.74) is 0. The lowest BCUT2D eigenvalue weighted by Gasteiger charge is -2.31. The van der Waals surface area contributed by atoms with E-state index in [1.54, 1.807) is 0 Å². The molecule has 1 N–H and O–H groups in total. The predicted octanol–water partition coefficient (Wildman–Crippen LogP) is 1.98. The maximum Gasteiger partial charge on any atom is 0.154 e. The van der Waals surface area contributed by atoms with Crippen LogP contribution >= 0.6 is 0 Å². The fourth-order valence-corrected chi connectivity index (χ4v) is 3.66. The Bertz CT molecular complexity index is 316. The smallest absolute Gasteiger partial charge is 0.154 e. The van der Waals surface area contributed by atoms with Crippen molar-refractivity contribution in [3.05, 3.63) is 0 Å². The quantitative estimate of drug-likeness (QED) is 0.748. The molecule has 0 saturated heterocycles. The Morgan fingerprint density at radius 2 is 1.81 bits per heavy atom. The van der Waals surface area contributed by atoms with Crippen molar-refractivity contribution in [1.29, 1.82) is 0 Å². The van der Waals surface area contributed by atoms with Crippen molar-refractivity contribution >= 4 is 9.84 Å². The van der Waals surface area contributed by atoms with Gasteiger partial charge in [-0.25, -0.2) is 8.42 Å². The Hall–Kier alpha value is -0.0900. The van der Waals surface area contributed by atoms with E-state index in [9.17, 15) is 8.42 Å². The van der Waals surface area contributed by atoms with Crippen LogP contribution in [-0.4, -0.2) is 32.0 Å². The third kappa shape index (κ3) is 2.98. The van der Waals surface area contributed by atoms with Gasteiger partial charge in [-0.2, -0.15) is 0 Å². The fourth-order valence-electron chi connectivity index (χ4n) is 2.27. The van der Waals surface area contributed by atoms with E-state index in [0.717, 1.165) is 5.92 Å². The molecule has 0 aromatic heterocycles. The van der Waals surface area contributed by atoms with Crippen molar-refractivity contribution in [2.24, 2.45) is 5.92 Å². The second-order valence-electron chi connectivity index (χ2n) is 5.17. The van der Waals surface area contributed by atoms with Gasteiger partial charge < -0.3 is 5.32 Å². The van der Waals surface area contributed by atoms with E-state index in [2.05, 4.69) is 12.2 Å². The fraction of sp³-hybridized carbons (Fsp3) is 1.00. The Kier molecular flexibility index (Phi) is 4.41. The van der Waals surface area contributed by atoms with Crippen molar-refractivity contribution < 1.29 is 8.42 Å². The third-order valence-electron chi connectivity index (χ3n) is 4.15. The monoisotopic (exact) mass is 247 g/mol. The molecule has 0 heterocycles. The van der Waals surface area contributed by atoms with Gasteiger partial charge in [0.05, 0.1) is 4.75 Å². The lowest BCUT2D eigenvalue weighted by molar-refractivity contribution is 0.408. The van der Waals surface area contributed by atoms with Crippen molar-refractivity contribution in [3.8, 4) is 0 Å². The summed E-state index contributed by atoms with van der Waals surface area (Å²) in [5.74, 6) is 0.769. The second kappa shape index (κ2) is 5.05. The zero-order chi connectivity index (χ0) is 12.4. The average Bonchev–Trinajstić information content (AvgIpc) is 3.00. The summed E-state index contributed by atoms with van der Waals surface area (Å²) < 4.78 is 23.2. The van der Waals surface area contributed by atoms with Crippen LogP contribution in [0.4, 0.5) is 0 Å². The van der Waals surface area contributed by atoms with Gasteiger partial charge in [-0.3, -0.25) is 0 Å². The number of hydrogen-bond donors (Lipinski definition) is 1. The number of sulfone groups is 1. The standard InChI is InChI=1S/C12H25NO2S/c1-5-12(6-2,16(4,14)15)9-13-10(3)11-7-8-11/h10-11,13H,5-9H2,1-4H3. The number of nitrogens with one attached hydrogen (secondary N) is 1. The van der Waals surface area contributed by atoms with Crippen LogP contribution in [0.5, 0.6) is 0 Å². The molecule has 1 rings (SSSR count). The van der Waals surface area contributed by atoms with Crippen LogP contribution in [0.25, 0.3) is 0 Å². The summed E-state index contributed by atoms with van der Waals surface area (Å²) in [6.45, 7) is 6.69. The second-order valence-corrected chi connectivity index (χ2v) is 7.58. The highest BCUT2D eigenvalue weighted by molar-refractivity contribution is 7.92. The molecule has 1 aliphatic rings. The van der Waals surface area contributed by atoms with E-state index in [1.807, 2.05) is 13.8 Å². The van der Waals surface area contributed by atoms with Crippen LogP contribution in [0.15, 0.2) is 0 Å². The van der Waals surface area contributed by atoms with E-state index in [-0.39, 0.29) is 0 Å². The predicted molar refractivity (Wildman–Crippen MR) is 68.3 cm³/mol. The van der Waals surface area contributed by atoms with Gasteiger partial charge in [0.2, 0.25) is 0 Å². The Balaban J connectivity index is 2.63. The molecule has 3 nitrogen and oxygen atoms in total. The summed E-state index contributed by atoms with van der Waals surface area (Å²) in [5, 5.41) is 3.41. The molecule has 1 saturated carbocycles. The van der Waals surface area contributed by atoms with Gasteiger partial charge in [-0.15, -0.1) is 0 Å². The van der Waals surface area contributed by atoms with Crippen LogP contribution in [0.1, 0.15) is 46.5 Å². The summed E-state index contributed by atoms with van der Waals surface area (Å²) in [6, 6.07) is 0.458. The Labute approximate surface area is 99.9 Å². The molecule has 1 fully saturated rings. The molecule has 0 bridgehead atoms. The van der Waals surface area contributed by atoms with Gasteiger partial charge in [-0.1, -0.05) is 13.8 Å². The van der Waals surface area contributed by atoms with Crippen molar-refractivity contribution in [1.82, 2.24) is 5.32 Å². The maximum absolute atomic E-state index is 11.9. The normalized spacial score (nSPS) is 19.8. The molecule has 1 unspecified atom stereocenters. The molecular formula is C12H25NO2S. The topological polar surface area (TPSA) is 46.2 Å². The first-order valence-corrected chi connectivity index (χ1v) is 8.18. The molecule has 0 aromatic carbocycles. The zero-order valence-electron chi connectivity index (χ0n) is 10.9. The molecule has 4 heteroatoms. The summed E-state index contributed by atoms with van der Waals surface area (Å²) in [4.78, 5) is 0. The van der Waals surface area contributed by atoms with Gasteiger partial charge in [0.15, 0.2) is 9.84 Å².